The van der Waals surface area contributed by atoms with Crippen LogP contribution in [0.1, 0.15) is 46.4 Å². The van der Waals surface area contributed by atoms with Gasteiger partial charge in [-0.3, -0.25) is 20.1 Å². The number of amides is 1. The summed E-state index contributed by atoms with van der Waals surface area (Å²) in [5, 5.41) is 2.57. The Kier molecular flexibility index (Phi) is 6.27. The van der Waals surface area contributed by atoms with E-state index < -0.39 is 0 Å². The Morgan fingerprint density at radius 3 is 3.00 bits per heavy atom. The molecule has 7 heteroatoms. The van der Waals surface area contributed by atoms with Crippen molar-refractivity contribution in [3.63, 3.8) is 0 Å². The number of aryl methyl sites for hydroxylation is 2. The average Bonchev–Trinajstić information content (AvgIpc) is 2.91. The van der Waals surface area contributed by atoms with Crippen LogP contribution in [0.5, 0.6) is 0 Å². The van der Waals surface area contributed by atoms with Crippen LogP contribution in [-0.4, -0.2) is 28.6 Å². The Morgan fingerprint density at radius 1 is 1.27 bits per heavy atom. The molecular weight excluding hydrogens is 330 g/mol. The maximum Gasteiger partial charge on any atom is 0.259 e. The minimum absolute atomic E-state index is 0.0242. The molecule has 0 saturated carbocycles. The standard InChI is InChI=1S/C19H23N5O2/c20-19(23-13-26-12-14-5-4-8-21-10-14)24-18(25)16-9-15-6-2-1-3-7-17(15)22-11-16/h4-5,8-11H,1-3,6-7,12-13H2,(H3,20,23,24,25). The first-order valence-electron chi connectivity index (χ1n) is 8.78. The van der Waals surface area contributed by atoms with Crippen molar-refractivity contribution in [3.8, 4) is 0 Å². The molecule has 0 atom stereocenters. The number of nitrogens with zero attached hydrogens (tertiary/aromatic N) is 3. The number of hydrogen-bond acceptors (Lipinski definition) is 5. The fourth-order valence-electron chi connectivity index (χ4n) is 2.88. The van der Waals surface area contributed by atoms with E-state index in [0.717, 1.165) is 42.5 Å². The molecule has 2 aromatic heterocycles. The Labute approximate surface area is 152 Å². The molecule has 2 heterocycles. The summed E-state index contributed by atoms with van der Waals surface area (Å²) in [5.41, 5.74) is 9.46. The molecule has 0 fully saturated rings. The van der Waals surface area contributed by atoms with Gasteiger partial charge in [0.2, 0.25) is 0 Å². The summed E-state index contributed by atoms with van der Waals surface area (Å²) in [5.74, 6) is -0.283. The fraction of sp³-hybridized carbons (Fsp3) is 0.368. The molecule has 7 nitrogen and oxygen atoms in total. The molecule has 0 unspecified atom stereocenters. The lowest BCUT2D eigenvalue weighted by atomic mass is 10.1. The minimum Gasteiger partial charge on any atom is -0.370 e. The highest BCUT2D eigenvalue weighted by Crippen LogP contribution is 2.19. The highest BCUT2D eigenvalue weighted by Gasteiger charge is 2.13. The third kappa shape index (κ3) is 5.10. The summed E-state index contributed by atoms with van der Waals surface area (Å²) in [6, 6.07) is 5.66. The Morgan fingerprint density at radius 2 is 2.15 bits per heavy atom. The van der Waals surface area contributed by atoms with Gasteiger partial charge in [-0.2, -0.15) is 0 Å². The Balaban J connectivity index is 1.51. The quantitative estimate of drug-likeness (QED) is 0.370. The van der Waals surface area contributed by atoms with E-state index >= 15 is 0 Å². The van der Waals surface area contributed by atoms with Gasteiger partial charge < -0.3 is 10.5 Å². The molecule has 0 spiro atoms. The van der Waals surface area contributed by atoms with Crippen LogP contribution in [0.3, 0.4) is 0 Å². The van der Waals surface area contributed by atoms with Gasteiger partial charge in [0.05, 0.1) is 12.2 Å². The van der Waals surface area contributed by atoms with Crippen molar-refractivity contribution >= 4 is 11.9 Å². The lowest BCUT2D eigenvalue weighted by molar-refractivity contribution is 0.0974. The molecule has 0 aromatic carbocycles. The van der Waals surface area contributed by atoms with Crippen molar-refractivity contribution in [3.05, 3.63) is 59.2 Å². The maximum absolute atomic E-state index is 12.3. The van der Waals surface area contributed by atoms with E-state index in [1.165, 1.54) is 6.42 Å². The number of nitrogens with one attached hydrogen (secondary N) is 1. The summed E-state index contributed by atoms with van der Waals surface area (Å²) in [7, 11) is 0. The van der Waals surface area contributed by atoms with Gasteiger partial charge in [-0.05, 0) is 48.9 Å². The monoisotopic (exact) mass is 353 g/mol. The van der Waals surface area contributed by atoms with Gasteiger partial charge in [-0.25, -0.2) is 4.99 Å². The van der Waals surface area contributed by atoms with Crippen LogP contribution < -0.4 is 11.1 Å². The smallest absolute Gasteiger partial charge is 0.259 e. The molecule has 0 aliphatic heterocycles. The number of aromatic nitrogens is 2. The second kappa shape index (κ2) is 9.05. The molecule has 3 rings (SSSR count). The number of carbonyl (C=O) groups excluding carboxylic acids is 1. The van der Waals surface area contributed by atoms with Crippen molar-refractivity contribution in [1.29, 1.82) is 0 Å². The summed E-state index contributed by atoms with van der Waals surface area (Å²) in [4.78, 5) is 24.8. The van der Waals surface area contributed by atoms with Crippen LogP contribution in [0.2, 0.25) is 0 Å². The van der Waals surface area contributed by atoms with Crippen LogP contribution in [0.25, 0.3) is 0 Å². The maximum atomic E-state index is 12.3. The van der Waals surface area contributed by atoms with Crippen LogP contribution in [0.4, 0.5) is 0 Å². The zero-order chi connectivity index (χ0) is 18.2. The average molecular weight is 353 g/mol. The number of rotatable bonds is 5. The third-order valence-electron chi connectivity index (χ3n) is 4.24. The number of carbonyl (C=O) groups is 1. The largest absolute Gasteiger partial charge is 0.370 e. The number of fused-ring (bicyclic) bond motifs is 1. The number of aliphatic imine (C=N–C) groups is 1. The minimum atomic E-state index is -0.307. The third-order valence-corrected chi connectivity index (χ3v) is 4.24. The molecule has 0 saturated heterocycles. The SMILES string of the molecule is NC(=NCOCc1cccnc1)NC(=O)c1cnc2c(c1)CCCCC2. The molecule has 0 radical (unpaired) electrons. The Bertz CT molecular complexity index is 777. The van der Waals surface area contributed by atoms with Crippen molar-refractivity contribution in [2.45, 2.75) is 38.7 Å². The van der Waals surface area contributed by atoms with E-state index in [-0.39, 0.29) is 18.6 Å². The van der Waals surface area contributed by atoms with Crippen LogP contribution in [-0.2, 0) is 24.2 Å². The summed E-state index contributed by atoms with van der Waals surface area (Å²) in [6.07, 6.45) is 10.5. The molecule has 136 valence electrons. The van der Waals surface area contributed by atoms with Crippen molar-refractivity contribution in [2.24, 2.45) is 10.7 Å². The van der Waals surface area contributed by atoms with E-state index in [1.807, 2.05) is 18.2 Å². The van der Waals surface area contributed by atoms with Crippen molar-refractivity contribution in [1.82, 2.24) is 15.3 Å². The molecule has 0 bridgehead atoms. The predicted molar refractivity (Wildman–Crippen MR) is 98.5 cm³/mol. The van der Waals surface area contributed by atoms with Gasteiger partial charge in [-0.15, -0.1) is 0 Å². The molecule has 1 aliphatic rings. The fourth-order valence-corrected chi connectivity index (χ4v) is 2.88. The zero-order valence-electron chi connectivity index (χ0n) is 14.6. The molecule has 26 heavy (non-hydrogen) atoms. The summed E-state index contributed by atoms with van der Waals surface area (Å²) >= 11 is 0. The van der Waals surface area contributed by atoms with Gasteiger partial charge in [0.15, 0.2) is 5.96 Å². The lowest BCUT2D eigenvalue weighted by Crippen LogP contribution is -2.37. The second-order valence-electron chi connectivity index (χ2n) is 6.23. The lowest BCUT2D eigenvalue weighted by Gasteiger charge is -2.08. The first kappa shape index (κ1) is 18.0. The molecule has 3 N–H and O–H groups in total. The van der Waals surface area contributed by atoms with Crippen LogP contribution in [0.15, 0.2) is 41.8 Å². The number of pyridine rings is 2. The van der Waals surface area contributed by atoms with Gasteiger partial charge in [-0.1, -0.05) is 12.5 Å². The van der Waals surface area contributed by atoms with Crippen molar-refractivity contribution < 1.29 is 9.53 Å². The summed E-state index contributed by atoms with van der Waals surface area (Å²) < 4.78 is 5.39. The highest BCUT2D eigenvalue weighted by atomic mass is 16.5. The molecular formula is C19H23N5O2. The molecule has 1 aliphatic carbocycles. The zero-order valence-corrected chi connectivity index (χ0v) is 14.6. The number of nitrogens with two attached hydrogens (primary N) is 1. The highest BCUT2D eigenvalue weighted by molar-refractivity contribution is 6.05. The second-order valence-corrected chi connectivity index (χ2v) is 6.23. The first-order chi connectivity index (χ1) is 12.7. The van der Waals surface area contributed by atoms with E-state index in [2.05, 4.69) is 20.3 Å². The first-order valence-corrected chi connectivity index (χ1v) is 8.78. The molecule has 2 aromatic rings. The van der Waals surface area contributed by atoms with Crippen LogP contribution >= 0.6 is 0 Å². The Hall–Kier alpha value is -2.80. The number of guanidine groups is 1. The van der Waals surface area contributed by atoms with Gasteiger partial charge in [0, 0.05) is 24.3 Å². The summed E-state index contributed by atoms with van der Waals surface area (Å²) in [6.45, 7) is 0.441. The topological polar surface area (TPSA) is 102 Å². The predicted octanol–water partition coefficient (Wildman–Crippen LogP) is 1.96. The van der Waals surface area contributed by atoms with Crippen LogP contribution in [0, 0.1) is 0 Å². The van der Waals surface area contributed by atoms with E-state index in [0.29, 0.717) is 12.2 Å². The van der Waals surface area contributed by atoms with E-state index in [9.17, 15) is 4.79 Å². The van der Waals surface area contributed by atoms with E-state index in [1.54, 1.807) is 18.6 Å². The van der Waals surface area contributed by atoms with Gasteiger partial charge in [0.1, 0.15) is 6.73 Å². The number of ether oxygens (including phenoxy) is 1. The number of hydrogen-bond donors (Lipinski definition) is 2. The molecule has 1 amide bonds. The van der Waals surface area contributed by atoms with Gasteiger partial charge in [0.25, 0.3) is 5.91 Å². The normalized spacial score (nSPS) is 14.4. The van der Waals surface area contributed by atoms with Crippen molar-refractivity contribution in [2.75, 3.05) is 6.73 Å². The van der Waals surface area contributed by atoms with E-state index in [4.69, 9.17) is 10.5 Å². The van der Waals surface area contributed by atoms with Gasteiger partial charge >= 0.3 is 0 Å².